The zero-order chi connectivity index (χ0) is 20.2. The zero-order valence-electron chi connectivity index (χ0n) is 15.4. The van der Waals surface area contributed by atoms with Crippen LogP contribution in [0, 0.1) is 0 Å². The van der Waals surface area contributed by atoms with Crippen molar-refractivity contribution in [2.75, 3.05) is 59.0 Å². The van der Waals surface area contributed by atoms with Gasteiger partial charge in [0.15, 0.2) is 0 Å². The number of fused-ring (bicyclic) bond motifs is 1. The van der Waals surface area contributed by atoms with Crippen molar-refractivity contribution in [2.24, 2.45) is 5.11 Å². The number of rotatable bonds is 14. The van der Waals surface area contributed by atoms with E-state index in [4.69, 9.17) is 24.5 Å². The Morgan fingerprint density at radius 3 is 2.36 bits per heavy atom. The van der Waals surface area contributed by atoms with Crippen LogP contribution in [0.15, 0.2) is 27.7 Å². The highest BCUT2D eigenvalue weighted by atomic mass is 32.2. The van der Waals surface area contributed by atoms with Gasteiger partial charge in [0.2, 0.25) is 14.2 Å². The minimum Gasteiger partial charge on any atom is -0.491 e. The number of hydrogen-bond acceptors (Lipinski definition) is 9. The molecule has 0 aliphatic carbocycles. The number of thiazole rings is 1. The molecule has 0 unspecified atom stereocenters. The van der Waals surface area contributed by atoms with E-state index in [2.05, 4.69) is 15.0 Å². The molecular weight excluding hydrogens is 408 g/mol. The second-order valence-corrected chi connectivity index (χ2v) is 8.74. The Hall–Kier alpha value is -1.95. The quantitative estimate of drug-likeness (QED) is 0.194. The van der Waals surface area contributed by atoms with Crippen molar-refractivity contribution < 1.29 is 27.4 Å². The maximum absolute atomic E-state index is 11.6. The van der Waals surface area contributed by atoms with Crippen LogP contribution in [0.2, 0.25) is 0 Å². The van der Waals surface area contributed by atoms with Gasteiger partial charge in [-0.1, -0.05) is 5.11 Å². The fraction of sp³-hybridized carbons (Fsp3) is 0.562. The minimum absolute atomic E-state index is 0.101. The van der Waals surface area contributed by atoms with E-state index in [1.165, 1.54) is 0 Å². The lowest BCUT2D eigenvalue weighted by atomic mass is 10.3. The number of benzene rings is 1. The molecular formula is C16H22N4O6S2. The van der Waals surface area contributed by atoms with Gasteiger partial charge in [0.25, 0.3) is 0 Å². The van der Waals surface area contributed by atoms with E-state index in [0.717, 1.165) is 22.3 Å². The first-order chi connectivity index (χ1) is 13.5. The fourth-order valence-electron chi connectivity index (χ4n) is 2.04. The SMILES string of the molecule is CS(=O)(=O)c1nc2cc(OCCOCCOCCOCCN=[N+]=[N-])ccc2s1. The van der Waals surface area contributed by atoms with Crippen LogP contribution < -0.4 is 4.74 Å². The summed E-state index contributed by atoms with van der Waals surface area (Å²) in [4.78, 5) is 6.75. The average molecular weight is 431 g/mol. The Balaban J connectivity index is 1.55. The van der Waals surface area contributed by atoms with Gasteiger partial charge in [0, 0.05) is 23.8 Å². The summed E-state index contributed by atoms with van der Waals surface area (Å²) >= 11 is 1.14. The number of ether oxygens (including phenoxy) is 4. The van der Waals surface area contributed by atoms with Crippen molar-refractivity contribution in [1.29, 1.82) is 0 Å². The van der Waals surface area contributed by atoms with Crippen LogP contribution in [0.4, 0.5) is 0 Å². The average Bonchev–Trinajstić information content (AvgIpc) is 3.09. The number of azide groups is 1. The summed E-state index contributed by atoms with van der Waals surface area (Å²) in [5, 5.41) is 3.35. The summed E-state index contributed by atoms with van der Waals surface area (Å²) in [6, 6.07) is 5.28. The largest absolute Gasteiger partial charge is 0.491 e. The number of aromatic nitrogens is 1. The highest BCUT2D eigenvalue weighted by molar-refractivity contribution is 7.92. The molecule has 0 radical (unpaired) electrons. The van der Waals surface area contributed by atoms with Crippen LogP contribution in [0.1, 0.15) is 0 Å². The summed E-state index contributed by atoms with van der Waals surface area (Å²) in [6.07, 6.45) is 1.14. The molecule has 10 nitrogen and oxygen atoms in total. The molecule has 0 fully saturated rings. The molecule has 0 atom stereocenters. The lowest BCUT2D eigenvalue weighted by Gasteiger charge is -2.08. The number of nitrogens with zero attached hydrogens (tertiary/aromatic N) is 4. The summed E-state index contributed by atoms with van der Waals surface area (Å²) in [5.41, 5.74) is 8.69. The normalized spacial score (nSPS) is 11.5. The first kappa shape index (κ1) is 22.3. The van der Waals surface area contributed by atoms with E-state index in [0.29, 0.717) is 64.1 Å². The van der Waals surface area contributed by atoms with E-state index in [-0.39, 0.29) is 4.34 Å². The second kappa shape index (κ2) is 11.8. The Bertz CT molecular complexity index is 896. The van der Waals surface area contributed by atoms with Gasteiger partial charge in [-0.05, 0) is 17.7 Å². The van der Waals surface area contributed by atoms with Crippen LogP contribution in [-0.2, 0) is 24.0 Å². The maximum Gasteiger partial charge on any atom is 0.210 e. The van der Waals surface area contributed by atoms with Crippen molar-refractivity contribution >= 4 is 31.4 Å². The van der Waals surface area contributed by atoms with E-state index in [1.54, 1.807) is 18.2 Å². The molecule has 0 saturated carbocycles. The van der Waals surface area contributed by atoms with Gasteiger partial charge in [-0.25, -0.2) is 13.4 Å². The number of sulfone groups is 1. The predicted octanol–water partition coefficient (Wildman–Crippen LogP) is 2.44. The molecule has 1 aromatic heterocycles. The predicted molar refractivity (Wildman–Crippen MR) is 105 cm³/mol. The molecule has 0 N–H and O–H groups in total. The van der Waals surface area contributed by atoms with Crippen LogP contribution in [0.25, 0.3) is 20.7 Å². The van der Waals surface area contributed by atoms with Crippen molar-refractivity contribution in [2.45, 2.75) is 4.34 Å². The van der Waals surface area contributed by atoms with Crippen LogP contribution in [0.3, 0.4) is 0 Å². The molecule has 0 aliphatic heterocycles. The van der Waals surface area contributed by atoms with Crippen LogP contribution >= 0.6 is 11.3 Å². The molecule has 0 amide bonds. The van der Waals surface area contributed by atoms with Crippen molar-refractivity contribution in [3.8, 4) is 5.75 Å². The Morgan fingerprint density at radius 2 is 1.71 bits per heavy atom. The first-order valence-corrected chi connectivity index (χ1v) is 11.2. The van der Waals surface area contributed by atoms with Gasteiger partial charge in [0.1, 0.15) is 12.4 Å². The molecule has 12 heteroatoms. The van der Waals surface area contributed by atoms with E-state index >= 15 is 0 Å². The molecule has 1 aromatic carbocycles. The van der Waals surface area contributed by atoms with Gasteiger partial charge in [0.05, 0.1) is 49.9 Å². The Labute approximate surface area is 166 Å². The molecule has 1 heterocycles. The minimum atomic E-state index is -3.31. The molecule has 0 bridgehead atoms. The summed E-state index contributed by atoms with van der Waals surface area (Å²) < 4.78 is 45.6. The van der Waals surface area contributed by atoms with Gasteiger partial charge < -0.3 is 18.9 Å². The molecule has 2 aromatic rings. The van der Waals surface area contributed by atoms with Crippen LogP contribution in [-0.4, -0.2) is 72.5 Å². The van der Waals surface area contributed by atoms with Crippen molar-refractivity contribution in [3.05, 3.63) is 28.6 Å². The Kier molecular flexibility index (Phi) is 9.41. The zero-order valence-corrected chi connectivity index (χ0v) is 17.1. The van der Waals surface area contributed by atoms with E-state index < -0.39 is 9.84 Å². The lowest BCUT2D eigenvalue weighted by molar-refractivity contribution is 0.0106. The van der Waals surface area contributed by atoms with Crippen LogP contribution in [0.5, 0.6) is 5.75 Å². The lowest BCUT2D eigenvalue weighted by Crippen LogP contribution is -2.13. The van der Waals surface area contributed by atoms with E-state index in [9.17, 15) is 8.42 Å². The second-order valence-electron chi connectivity index (χ2n) is 5.52. The third-order valence-corrected chi connectivity index (χ3v) is 6.01. The first-order valence-electron chi connectivity index (χ1n) is 8.48. The topological polar surface area (TPSA) is 133 Å². The highest BCUT2D eigenvalue weighted by Gasteiger charge is 2.14. The monoisotopic (exact) mass is 430 g/mol. The number of hydrogen-bond donors (Lipinski definition) is 0. The van der Waals surface area contributed by atoms with Gasteiger partial charge >= 0.3 is 0 Å². The molecule has 2 rings (SSSR count). The molecule has 0 saturated heterocycles. The molecule has 0 aliphatic rings. The standard InChI is InChI=1S/C16H22N4O6S2/c1-28(21,22)16-19-14-12-13(2-3-15(14)27-16)26-11-10-25-9-8-24-7-6-23-5-4-18-20-17/h2-3,12H,4-11H2,1H3. The summed E-state index contributed by atoms with van der Waals surface area (Å²) in [6.45, 7) is 3.21. The fourth-order valence-corrected chi connectivity index (χ4v) is 3.86. The third kappa shape index (κ3) is 7.97. The third-order valence-electron chi connectivity index (χ3n) is 3.30. The Morgan fingerprint density at radius 1 is 1.07 bits per heavy atom. The molecule has 28 heavy (non-hydrogen) atoms. The van der Waals surface area contributed by atoms with Gasteiger partial charge in [-0.15, -0.1) is 11.3 Å². The molecule has 154 valence electrons. The van der Waals surface area contributed by atoms with E-state index in [1.807, 2.05) is 0 Å². The maximum atomic E-state index is 11.6. The summed E-state index contributed by atoms with van der Waals surface area (Å²) in [5.74, 6) is 0.607. The van der Waals surface area contributed by atoms with Gasteiger partial charge in [-0.3, -0.25) is 0 Å². The van der Waals surface area contributed by atoms with Gasteiger partial charge in [-0.2, -0.15) is 0 Å². The summed E-state index contributed by atoms with van der Waals surface area (Å²) in [7, 11) is -3.31. The highest BCUT2D eigenvalue weighted by Crippen LogP contribution is 2.28. The molecule has 0 spiro atoms. The smallest absolute Gasteiger partial charge is 0.210 e. The van der Waals surface area contributed by atoms with Crippen molar-refractivity contribution in [1.82, 2.24) is 4.98 Å². The van der Waals surface area contributed by atoms with Crippen molar-refractivity contribution in [3.63, 3.8) is 0 Å².